The smallest absolute Gasteiger partial charge is 0.303 e. The summed E-state index contributed by atoms with van der Waals surface area (Å²) < 4.78 is 4.89. The second kappa shape index (κ2) is 9.85. The fraction of sp³-hybridized carbons (Fsp3) is 0.833. The fourth-order valence-electron chi connectivity index (χ4n) is 1.56. The van der Waals surface area contributed by atoms with Crippen LogP contribution in [0.4, 0.5) is 0 Å². The van der Waals surface area contributed by atoms with Gasteiger partial charge in [-0.05, 0) is 32.6 Å². The summed E-state index contributed by atoms with van der Waals surface area (Å²) in [6.07, 6.45) is 2.65. The number of carboxylic acids is 1. The van der Waals surface area contributed by atoms with Crippen LogP contribution < -0.4 is 11.1 Å². The van der Waals surface area contributed by atoms with Gasteiger partial charge in [0.1, 0.15) is 0 Å². The summed E-state index contributed by atoms with van der Waals surface area (Å²) in [5, 5.41) is 11.3. The van der Waals surface area contributed by atoms with Gasteiger partial charge in [0.15, 0.2) is 0 Å². The monoisotopic (exact) mass is 260 g/mol. The van der Waals surface area contributed by atoms with Gasteiger partial charge in [-0.2, -0.15) is 0 Å². The molecule has 0 aliphatic rings. The van der Waals surface area contributed by atoms with E-state index < -0.39 is 12.0 Å². The lowest BCUT2D eigenvalue weighted by Crippen LogP contribution is -2.44. The van der Waals surface area contributed by atoms with Crippen molar-refractivity contribution < 1.29 is 19.4 Å². The van der Waals surface area contributed by atoms with Crippen molar-refractivity contribution in [2.24, 2.45) is 5.73 Å². The van der Waals surface area contributed by atoms with Crippen LogP contribution in [0.25, 0.3) is 0 Å². The fourth-order valence-corrected chi connectivity index (χ4v) is 1.56. The number of methoxy groups -OCH3 is 1. The molecule has 0 aliphatic heterocycles. The quantitative estimate of drug-likeness (QED) is 0.496. The largest absolute Gasteiger partial charge is 0.481 e. The topological polar surface area (TPSA) is 102 Å². The van der Waals surface area contributed by atoms with Gasteiger partial charge in [-0.3, -0.25) is 9.59 Å². The summed E-state index contributed by atoms with van der Waals surface area (Å²) in [5.41, 5.74) is 5.72. The maximum atomic E-state index is 11.7. The van der Waals surface area contributed by atoms with E-state index in [2.05, 4.69) is 5.32 Å². The molecule has 0 saturated heterocycles. The highest BCUT2D eigenvalue weighted by atomic mass is 16.5. The Hall–Kier alpha value is -1.14. The van der Waals surface area contributed by atoms with E-state index in [0.29, 0.717) is 25.9 Å². The second-order valence-electron chi connectivity index (χ2n) is 4.44. The van der Waals surface area contributed by atoms with Crippen molar-refractivity contribution in [1.29, 1.82) is 0 Å². The van der Waals surface area contributed by atoms with Gasteiger partial charge in [0.05, 0.1) is 6.04 Å². The minimum atomic E-state index is -0.815. The minimum Gasteiger partial charge on any atom is -0.481 e. The number of aliphatic carboxylic acids is 1. The molecule has 0 bridgehead atoms. The maximum Gasteiger partial charge on any atom is 0.303 e. The van der Waals surface area contributed by atoms with Gasteiger partial charge in [0.25, 0.3) is 0 Å². The number of carbonyl (C=O) groups is 2. The lowest BCUT2D eigenvalue weighted by molar-refractivity contribution is -0.137. The first kappa shape index (κ1) is 16.9. The molecule has 6 heteroatoms. The predicted molar refractivity (Wildman–Crippen MR) is 68.2 cm³/mol. The molecule has 0 aromatic heterocycles. The van der Waals surface area contributed by atoms with E-state index in [1.54, 1.807) is 7.11 Å². The lowest BCUT2D eigenvalue weighted by Gasteiger charge is -2.17. The van der Waals surface area contributed by atoms with E-state index in [4.69, 9.17) is 15.6 Å². The first-order valence-corrected chi connectivity index (χ1v) is 6.24. The summed E-state index contributed by atoms with van der Waals surface area (Å²) in [6.45, 7) is 2.44. The summed E-state index contributed by atoms with van der Waals surface area (Å²) >= 11 is 0. The average Bonchev–Trinajstić information content (AvgIpc) is 2.28. The Kier molecular flexibility index (Phi) is 9.22. The number of nitrogens with two attached hydrogens (primary N) is 1. The Morgan fingerprint density at radius 2 is 2.00 bits per heavy atom. The zero-order valence-corrected chi connectivity index (χ0v) is 11.1. The number of nitrogens with one attached hydrogen (secondary N) is 1. The Morgan fingerprint density at radius 3 is 2.56 bits per heavy atom. The zero-order valence-electron chi connectivity index (χ0n) is 11.1. The van der Waals surface area contributed by atoms with Gasteiger partial charge in [-0.25, -0.2) is 0 Å². The number of carboxylic acid groups (broad SMARTS) is 1. The van der Waals surface area contributed by atoms with Crippen molar-refractivity contribution in [3.05, 3.63) is 0 Å². The van der Waals surface area contributed by atoms with Gasteiger partial charge >= 0.3 is 5.97 Å². The van der Waals surface area contributed by atoms with Crippen LogP contribution in [0.2, 0.25) is 0 Å². The summed E-state index contributed by atoms with van der Waals surface area (Å²) in [6, 6.07) is -0.576. The molecule has 0 aliphatic carbocycles. The van der Waals surface area contributed by atoms with Crippen LogP contribution in [0.5, 0.6) is 0 Å². The highest BCUT2D eigenvalue weighted by Gasteiger charge is 2.15. The Bertz CT molecular complexity index is 258. The molecule has 4 N–H and O–H groups in total. The van der Waals surface area contributed by atoms with E-state index >= 15 is 0 Å². The average molecular weight is 260 g/mol. The molecule has 18 heavy (non-hydrogen) atoms. The number of carbonyl (C=O) groups excluding carboxylic acids is 1. The zero-order chi connectivity index (χ0) is 14.0. The van der Waals surface area contributed by atoms with Gasteiger partial charge in [0, 0.05) is 26.2 Å². The molecule has 0 aromatic carbocycles. The number of rotatable bonds is 10. The normalized spacial score (nSPS) is 13.9. The highest BCUT2D eigenvalue weighted by molar-refractivity contribution is 5.81. The first-order chi connectivity index (χ1) is 8.47. The lowest BCUT2D eigenvalue weighted by atomic mass is 10.1. The van der Waals surface area contributed by atoms with Gasteiger partial charge < -0.3 is 20.9 Å². The molecule has 0 aromatic rings. The molecule has 0 rings (SSSR count). The molecule has 0 saturated carbocycles. The molecule has 2 unspecified atom stereocenters. The summed E-state index contributed by atoms with van der Waals surface area (Å²) in [7, 11) is 1.61. The van der Waals surface area contributed by atoms with E-state index in [1.807, 2.05) is 6.92 Å². The standard InChI is InChI=1S/C12H24N2O4/c1-9(5-3-7-11(15)16)14-12(17)10(13)6-4-8-18-2/h9-10H,3-8,13H2,1-2H3,(H,14,17)(H,15,16). The third-order valence-electron chi connectivity index (χ3n) is 2.62. The van der Waals surface area contributed by atoms with Gasteiger partial charge in [0.2, 0.25) is 5.91 Å². The van der Waals surface area contributed by atoms with Gasteiger partial charge in [-0.15, -0.1) is 0 Å². The molecule has 1 amide bonds. The van der Waals surface area contributed by atoms with Crippen LogP contribution in [-0.2, 0) is 14.3 Å². The number of hydrogen-bond donors (Lipinski definition) is 3. The van der Waals surface area contributed by atoms with Crippen molar-refractivity contribution in [3.8, 4) is 0 Å². The molecule has 106 valence electrons. The van der Waals surface area contributed by atoms with Crippen LogP contribution in [0.15, 0.2) is 0 Å². The summed E-state index contributed by atoms with van der Waals surface area (Å²) in [4.78, 5) is 22.0. The summed E-state index contributed by atoms with van der Waals surface area (Å²) in [5.74, 6) is -1.00. The molecule has 0 fully saturated rings. The van der Waals surface area contributed by atoms with Crippen LogP contribution in [-0.4, -0.2) is 42.8 Å². The third-order valence-corrected chi connectivity index (χ3v) is 2.62. The minimum absolute atomic E-state index is 0.0506. The second-order valence-corrected chi connectivity index (χ2v) is 4.44. The molecule has 0 radical (unpaired) electrons. The SMILES string of the molecule is COCCCC(N)C(=O)NC(C)CCCC(=O)O. The molecule has 6 nitrogen and oxygen atoms in total. The van der Waals surface area contributed by atoms with Crippen LogP contribution in [0.3, 0.4) is 0 Å². The molecular weight excluding hydrogens is 236 g/mol. The first-order valence-electron chi connectivity index (χ1n) is 6.24. The van der Waals surface area contributed by atoms with Crippen molar-refractivity contribution in [1.82, 2.24) is 5.32 Å². The maximum absolute atomic E-state index is 11.7. The molecule has 0 spiro atoms. The Morgan fingerprint density at radius 1 is 1.33 bits per heavy atom. The van der Waals surface area contributed by atoms with E-state index in [1.165, 1.54) is 0 Å². The van der Waals surface area contributed by atoms with Gasteiger partial charge in [-0.1, -0.05) is 0 Å². The number of hydrogen-bond acceptors (Lipinski definition) is 4. The Labute approximate surface area is 108 Å². The van der Waals surface area contributed by atoms with Crippen LogP contribution in [0, 0.1) is 0 Å². The highest BCUT2D eigenvalue weighted by Crippen LogP contribution is 2.02. The molecular formula is C12H24N2O4. The molecule has 2 atom stereocenters. The predicted octanol–water partition coefficient (Wildman–Crippen LogP) is 0.500. The van der Waals surface area contributed by atoms with Crippen molar-refractivity contribution in [3.63, 3.8) is 0 Å². The molecule has 0 heterocycles. The van der Waals surface area contributed by atoms with E-state index in [-0.39, 0.29) is 18.4 Å². The van der Waals surface area contributed by atoms with E-state index in [9.17, 15) is 9.59 Å². The van der Waals surface area contributed by atoms with Crippen molar-refractivity contribution in [2.45, 2.75) is 51.1 Å². The van der Waals surface area contributed by atoms with Crippen molar-refractivity contribution in [2.75, 3.05) is 13.7 Å². The van der Waals surface area contributed by atoms with E-state index in [0.717, 1.165) is 6.42 Å². The third kappa shape index (κ3) is 8.95. The van der Waals surface area contributed by atoms with Crippen molar-refractivity contribution >= 4 is 11.9 Å². The Balaban J connectivity index is 3.74. The van der Waals surface area contributed by atoms with Crippen LogP contribution >= 0.6 is 0 Å². The van der Waals surface area contributed by atoms with Crippen LogP contribution in [0.1, 0.15) is 39.0 Å². The number of ether oxygens (including phenoxy) is 1. The number of amides is 1.